The Hall–Kier alpha value is -3.25. The molecule has 30 heavy (non-hydrogen) atoms. The number of nitrogens with zero attached hydrogens (tertiary/aromatic N) is 3. The second-order valence-electron chi connectivity index (χ2n) is 6.79. The van der Waals surface area contributed by atoms with Gasteiger partial charge in [0, 0.05) is 17.0 Å². The highest BCUT2D eigenvalue weighted by molar-refractivity contribution is 7.98. The van der Waals surface area contributed by atoms with Gasteiger partial charge in [-0.3, -0.25) is 4.57 Å². The molecule has 152 valence electrons. The van der Waals surface area contributed by atoms with Gasteiger partial charge in [-0.2, -0.15) is 0 Å². The van der Waals surface area contributed by atoms with Crippen molar-refractivity contribution in [3.05, 3.63) is 83.9 Å². The lowest BCUT2D eigenvalue weighted by Crippen LogP contribution is -2.00. The van der Waals surface area contributed by atoms with Crippen LogP contribution in [-0.4, -0.2) is 29.0 Å². The predicted octanol–water partition coefficient (Wildman–Crippen LogP) is 5.55. The highest BCUT2D eigenvalue weighted by Crippen LogP contribution is 2.32. The Morgan fingerprint density at radius 3 is 2.33 bits per heavy atom. The van der Waals surface area contributed by atoms with E-state index in [4.69, 9.17) is 9.47 Å². The molecule has 0 fully saturated rings. The molecule has 6 heteroatoms. The fourth-order valence-electron chi connectivity index (χ4n) is 3.19. The summed E-state index contributed by atoms with van der Waals surface area (Å²) in [6.45, 7) is 2.13. The summed E-state index contributed by atoms with van der Waals surface area (Å²) in [7, 11) is 3.33. The van der Waals surface area contributed by atoms with Crippen molar-refractivity contribution in [1.29, 1.82) is 0 Å². The summed E-state index contributed by atoms with van der Waals surface area (Å²) in [6, 6.07) is 24.2. The number of thioether (sulfide) groups is 1. The number of ether oxygens (including phenoxy) is 2. The van der Waals surface area contributed by atoms with Crippen LogP contribution in [0.2, 0.25) is 0 Å². The summed E-state index contributed by atoms with van der Waals surface area (Å²) in [5, 5.41) is 9.87. The molecule has 1 aromatic heterocycles. The molecule has 3 aromatic carbocycles. The molecule has 0 saturated carbocycles. The van der Waals surface area contributed by atoms with Crippen LogP contribution in [0.3, 0.4) is 0 Å². The highest BCUT2D eigenvalue weighted by Gasteiger charge is 2.17. The minimum absolute atomic E-state index is 0.770. The molecule has 0 saturated heterocycles. The van der Waals surface area contributed by atoms with Crippen LogP contribution in [0.1, 0.15) is 11.1 Å². The summed E-state index contributed by atoms with van der Waals surface area (Å²) in [5.74, 6) is 3.18. The molecule has 0 aliphatic rings. The third-order valence-corrected chi connectivity index (χ3v) is 5.89. The smallest absolute Gasteiger partial charge is 0.196 e. The molecule has 0 aliphatic carbocycles. The minimum Gasteiger partial charge on any atom is -0.497 e. The van der Waals surface area contributed by atoms with Gasteiger partial charge >= 0.3 is 0 Å². The Labute approximate surface area is 180 Å². The van der Waals surface area contributed by atoms with Crippen LogP contribution in [0.4, 0.5) is 0 Å². The maximum atomic E-state index is 5.40. The first-order valence-corrected chi connectivity index (χ1v) is 10.6. The quantitative estimate of drug-likeness (QED) is 0.369. The van der Waals surface area contributed by atoms with E-state index in [1.54, 1.807) is 26.0 Å². The van der Waals surface area contributed by atoms with Crippen molar-refractivity contribution in [1.82, 2.24) is 14.8 Å². The summed E-state index contributed by atoms with van der Waals surface area (Å²) < 4.78 is 12.8. The maximum absolute atomic E-state index is 5.40. The third-order valence-electron chi connectivity index (χ3n) is 4.91. The average Bonchev–Trinajstić information content (AvgIpc) is 3.22. The molecule has 0 amide bonds. The van der Waals surface area contributed by atoms with Crippen molar-refractivity contribution in [2.45, 2.75) is 17.8 Å². The third kappa shape index (κ3) is 4.19. The zero-order chi connectivity index (χ0) is 20.9. The van der Waals surface area contributed by atoms with Crippen LogP contribution >= 0.6 is 11.8 Å². The average molecular weight is 418 g/mol. The van der Waals surface area contributed by atoms with Gasteiger partial charge < -0.3 is 9.47 Å². The van der Waals surface area contributed by atoms with Gasteiger partial charge in [0.2, 0.25) is 0 Å². The van der Waals surface area contributed by atoms with Crippen LogP contribution in [0.15, 0.2) is 78.0 Å². The van der Waals surface area contributed by atoms with Crippen molar-refractivity contribution in [3.63, 3.8) is 0 Å². The topological polar surface area (TPSA) is 49.2 Å². The van der Waals surface area contributed by atoms with Crippen molar-refractivity contribution in [2.75, 3.05) is 14.2 Å². The van der Waals surface area contributed by atoms with E-state index >= 15 is 0 Å². The first-order valence-electron chi connectivity index (χ1n) is 9.61. The summed E-state index contributed by atoms with van der Waals surface area (Å²) in [6.07, 6.45) is 0. The Balaban J connectivity index is 1.75. The van der Waals surface area contributed by atoms with Gasteiger partial charge in [-0.15, -0.1) is 10.2 Å². The summed E-state index contributed by atoms with van der Waals surface area (Å²) in [5.41, 5.74) is 4.48. The molecule has 0 unspecified atom stereocenters. The van der Waals surface area contributed by atoms with Crippen molar-refractivity contribution in [3.8, 4) is 28.6 Å². The van der Waals surface area contributed by atoms with E-state index in [0.29, 0.717) is 0 Å². The summed E-state index contributed by atoms with van der Waals surface area (Å²) in [4.78, 5) is 0. The van der Waals surface area contributed by atoms with Crippen LogP contribution in [-0.2, 0) is 5.75 Å². The molecule has 5 nitrogen and oxygen atoms in total. The Morgan fingerprint density at radius 1 is 0.833 bits per heavy atom. The van der Waals surface area contributed by atoms with Crippen LogP contribution in [0, 0.1) is 6.92 Å². The van der Waals surface area contributed by atoms with Crippen LogP contribution < -0.4 is 9.47 Å². The first kappa shape index (κ1) is 20.0. The van der Waals surface area contributed by atoms with Crippen LogP contribution in [0.25, 0.3) is 17.1 Å². The van der Waals surface area contributed by atoms with Crippen molar-refractivity contribution < 1.29 is 9.47 Å². The summed E-state index contributed by atoms with van der Waals surface area (Å²) >= 11 is 1.67. The molecular weight excluding hydrogens is 394 g/mol. The van der Waals surface area contributed by atoms with E-state index in [9.17, 15) is 0 Å². The molecule has 0 aliphatic heterocycles. The van der Waals surface area contributed by atoms with E-state index in [1.807, 2.05) is 48.5 Å². The lowest BCUT2D eigenvalue weighted by atomic mass is 10.1. The fourth-order valence-corrected chi connectivity index (χ4v) is 4.22. The van der Waals surface area contributed by atoms with Gasteiger partial charge in [0.05, 0.1) is 14.2 Å². The zero-order valence-electron chi connectivity index (χ0n) is 17.2. The molecule has 0 N–H and O–H groups in total. The number of methoxy groups -OCH3 is 2. The second-order valence-corrected chi connectivity index (χ2v) is 7.73. The molecule has 0 radical (unpaired) electrons. The Kier molecular flexibility index (Phi) is 6.05. The lowest BCUT2D eigenvalue weighted by Gasteiger charge is -2.12. The van der Waals surface area contributed by atoms with E-state index in [0.717, 1.165) is 39.5 Å². The SMILES string of the molecule is COc1ccc(-n2c(SCc3ccccc3C)nnc2-c2cccc(OC)c2)cc1. The molecule has 0 atom stereocenters. The monoisotopic (exact) mass is 417 g/mol. The molecular formula is C24H23N3O2S. The molecule has 0 spiro atoms. The minimum atomic E-state index is 0.770. The molecule has 1 heterocycles. The van der Waals surface area contributed by atoms with E-state index < -0.39 is 0 Å². The largest absolute Gasteiger partial charge is 0.497 e. The maximum Gasteiger partial charge on any atom is 0.196 e. The van der Waals surface area contributed by atoms with E-state index in [-0.39, 0.29) is 0 Å². The Morgan fingerprint density at radius 2 is 1.60 bits per heavy atom. The highest BCUT2D eigenvalue weighted by atomic mass is 32.2. The fraction of sp³-hybridized carbons (Fsp3) is 0.167. The van der Waals surface area contributed by atoms with Crippen LogP contribution in [0.5, 0.6) is 11.5 Å². The number of aryl methyl sites for hydroxylation is 1. The molecule has 0 bridgehead atoms. The number of aromatic nitrogens is 3. The standard InChI is InChI=1S/C24H23N3O2S/c1-17-7-4-5-8-19(17)16-30-24-26-25-23(18-9-6-10-22(15-18)29-3)27(24)20-11-13-21(28-2)14-12-20/h4-15H,16H2,1-3H3. The normalized spacial score (nSPS) is 10.8. The zero-order valence-corrected chi connectivity index (χ0v) is 18.0. The van der Waals surface area contributed by atoms with E-state index in [2.05, 4.69) is 46.0 Å². The van der Waals surface area contributed by atoms with Gasteiger partial charge in [-0.1, -0.05) is 48.2 Å². The molecule has 4 rings (SSSR count). The van der Waals surface area contributed by atoms with Crippen molar-refractivity contribution >= 4 is 11.8 Å². The number of rotatable bonds is 7. The van der Waals surface area contributed by atoms with Gasteiger partial charge in [-0.25, -0.2) is 0 Å². The van der Waals surface area contributed by atoms with Gasteiger partial charge in [-0.05, 0) is 54.4 Å². The second kappa shape index (κ2) is 9.05. The van der Waals surface area contributed by atoms with E-state index in [1.165, 1.54) is 11.1 Å². The molecule has 4 aromatic rings. The first-order chi connectivity index (χ1) is 14.7. The van der Waals surface area contributed by atoms with Gasteiger partial charge in [0.25, 0.3) is 0 Å². The van der Waals surface area contributed by atoms with Gasteiger partial charge in [0.15, 0.2) is 11.0 Å². The lowest BCUT2D eigenvalue weighted by molar-refractivity contribution is 0.414. The predicted molar refractivity (Wildman–Crippen MR) is 121 cm³/mol. The number of hydrogen-bond donors (Lipinski definition) is 0. The number of benzene rings is 3. The van der Waals surface area contributed by atoms with Crippen molar-refractivity contribution in [2.24, 2.45) is 0 Å². The Bertz CT molecular complexity index is 1140. The van der Waals surface area contributed by atoms with Gasteiger partial charge in [0.1, 0.15) is 11.5 Å². The number of hydrogen-bond acceptors (Lipinski definition) is 5.